The highest BCUT2D eigenvalue weighted by Crippen LogP contribution is 2.59. The van der Waals surface area contributed by atoms with E-state index >= 15 is 0 Å². The zero-order valence-electron chi connectivity index (χ0n) is 17.0. The molecule has 1 saturated carbocycles. The number of anilines is 1. The van der Waals surface area contributed by atoms with Gasteiger partial charge in [-0.05, 0) is 13.3 Å². The third-order valence-corrected chi connectivity index (χ3v) is 5.71. The molecule has 4 atom stereocenters. The van der Waals surface area contributed by atoms with Gasteiger partial charge >= 0.3 is 12.1 Å². The van der Waals surface area contributed by atoms with Crippen molar-refractivity contribution in [2.45, 2.75) is 62.8 Å². The SMILES string of the molecule is CC(=O)OC1COCCC1Nc1ncc2c(F)c(C3CC3(F)F)c(C(C)C(F)(F)F)n2n1. The zero-order valence-corrected chi connectivity index (χ0v) is 17.0. The molecule has 7 nitrogen and oxygen atoms in total. The molecule has 4 unspecified atom stereocenters. The van der Waals surface area contributed by atoms with E-state index in [4.69, 9.17) is 9.47 Å². The Labute approximate surface area is 178 Å². The maximum Gasteiger partial charge on any atom is 0.396 e. The number of alkyl halides is 5. The van der Waals surface area contributed by atoms with Crippen LogP contribution in [-0.4, -0.2) is 58.0 Å². The summed E-state index contributed by atoms with van der Waals surface area (Å²) < 4.78 is 94.1. The van der Waals surface area contributed by atoms with Gasteiger partial charge < -0.3 is 14.8 Å². The summed E-state index contributed by atoms with van der Waals surface area (Å²) in [6.07, 6.45) is -4.91. The first-order valence-electron chi connectivity index (χ1n) is 9.93. The zero-order chi connectivity index (χ0) is 23.4. The largest absolute Gasteiger partial charge is 0.458 e. The van der Waals surface area contributed by atoms with Crippen molar-refractivity contribution in [3.8, 4) is 0 Å². The first-order chi connectivity index (χ1) is 14.9. The number of fused-ring (bicyclic) bond motifs is 1. The second-order valence-electron chi connectivity index (χ2n) is 8.04. The molecule has 0 aromatic carbocycles. The van der Waals surface area contributed by atoms with Crippen LogP contribution in [0.5, 0.6) is 0 Å². The molecule has 1 aliphatic carbocycles. The van der Waals surface area contributed by atoms with Crippen molar-refractivity contribution in [1.82, 2.24) is 14.6 Å². The number of carbonyl (C=O) groups excluding carboxylic acids is 1. The third kappa shape index (κ3) is 4.09. The lowest BCUT2D eigenvalue weighted by Gasteiger charge is -2.31. The Hall–Kier alpha value is -2.57. The van der Waals surface area contributed by atoms with Gasteiger partial charge in [0, 0.05) is 25.5 Å². The second kappa shape index (κ2) is 7.78. The molecule has 0 spiro atoms. The van der Waals surface area contributed by atoms with Crippen LogP contribution in [0.4, 0.5) is 32.3 Å². The average Bonchev–Trinajstić information content (AvgIpc) is 3.22. The lowest BCUT2D eigenvalue weighted by Crippen LogP contribution is -2.44. The highest BCUT2D eigenvalue weighted by atomic mass is 19.4. The Bertz CT molecular complexity index is 1040. The highest BCUT2D eigenvalue weighted by molar-refractivity contribution is 5.66. The van der Waals surface area contributed by atoms with Crippen LogP contribution < -0.4 is 5.32 Å². The Balaban J connectivity index is 1.75. The normalized spacial score (nSPS) is 26.1. The van der Waals surface area contributed by atoms with Gasteiger partial charge in [-0.15, -0.1) is 5.10 Å². The molecule has 4 rings (SSSR count). The van der Waals surface area contributed by atoms with E-state index in [1.165, 1.54) is 6.92 Å². The van der Waals surface area contributed by atoms with Gasteiger partial charge in [0.1, 0.15) is 11.6 Å². The third-order valence-electron chi connectivity index (χ3n) is 5.71. The van der Waals surface area contributed by atoms with Gasteiger partial charge in [-0.25, -0.2) is 22.7 Å². The van der Waals surface area contributed by atoms with Crippen molar-refractivity contribution in [3.63, 3.8) is 0 Å². The number of ether oxygens (including phenoxy) is 2. The Morgan fingerprint density at radius 2 is 2.09 bits per heavy atom. The fourth-order valence-electron chi connectivity index (χ4n) is 3.92. The van der Waals surface area contributed by atoms with Crippen LogP contribution >= 0.6 is 0 Å². The molecular weight excluding hydrogens is 446 g/mol. The monoisotopic (exact) mass is 466 g/mol. The molecule has 2 aromatic rings. The van der Waals surface area contributed by atoms with Crippen LogP contribution in [-0.2, 0) is 14.3 Å². The molecule has 2 fully saturated rings. The number of nitrogens with one attached hydrogen (secondary N) is 1. The standard InChI is InChI=1S/C19H20F6N4O3/c1-8(19(23,24)25)16-14(10-5-18(10,21)22)15(20)12-6-26-17(28-29(12)16)27-11-3-4-31-7-13(11)32-9(2)30/h6,8,10-11,13H,3-5,7H2,1-2H3,(H,27,28). The van der Waals surface area contributed by atoms with E-state index < -0.39 is 71.1 Å². The lowest BCUT2D eigenvalue weighted by molar-refractivity contribution is -0.153. The van der Waals surface area contributed by atoms with Gasteiger partial charge in [0.05, 0.1) is 36.4 Å². The summed E-state index contributed by atoms with van der Waals surface area (Å²) >= 11 is 0. The smallest absolute Gasteiger partial charge is 0.396 e. The summed E-state index contributed by atoms with van der Waals surface area (Å²) in [5.74, 6) is -9.07. The van der Waals surface area contributed by atoms with Crippen molar-refractivity contribution in [2.24, 2.45) is 0 Å². The van der Waals surface area contributed by atoms with E-state index in [2.05, 4.69) is 15.4 Å². The summed E-state index contributed by atoms with van der Waals surface area (Å²) in [6, 6.07) is -0.513. The summed E-state index contributed by atoms with van der Waals surface area (Å²) in [7, 11) is 0. The van der Waals surface area contributed by atoms with Gasteiger partial charge in [0.2, 0.25) is 5.95 Å². The van der Waals surface area contributed by atoms with Crippen molar-refractivity contribution in [1.29, 1.82) is 0 Å². The minimum absolute atomic E-state index is 0.0922. The van der Waals surface area contributed by atoms with E-state index in [1.807, 2.05) is 0 Å². The number of hydrogen-bond acceptors (Lipinski definition) is 6. The molecule has 176 valence electrons. The minimum atomic E-state index is -4.81. The second-order valence-corrected chi connectivity index (χ2v) is 8.04. The number of nitrogens with zero attached hydrogens (tertiary/aromatic N) is 3. The summed E-state index contributed by atoms with van der Waals surface area (Å²) in [4.78, 5) is 15.2. The Morgan fingerprint density at radius 3 is 2.69 bits per heavy atom. The fourth-order valence-corrected chi connectivity index (χ4v) is 3.92. The maximum atomic E-state index is 15.0. The number of carbonyl (C=O) groups is 1. The van der Waals surface area contributed by atoms with Crippen LogP contribution in [0.1, 0.15) is 49.8 Å². The van der Waals surface area contributed by atoms with E-state index in [0.717, 1.165) is 13.1 Å². The summed E-state index contributed by atoms with van der Waals surface area (Å²) in [5, 5.41) is 6.86. The van der Waals surface area contributed by atoms with Crippen LogP contribution in [0.25, 0.3) is 5.52 Å². The van der Waals surface area contributed by atoms with E-state index in [9.17, 15) is 31.1 Å². The first-order valence-corrected chi connectivity index (χ1v) is 9.93. The van der Waals surface area contributed by atoms with Crippen molar-refractivity contribution in [3.05, 3.63) is 23.3 Å². The number of halogens is 6. The molecule has 3 heterocycles. The predicted molar refractivity (Wildman–Crippen MR) is 98.1 cm³/mol. The first kappa shape index (κ1) is 22.6. The number of rotatable bonds is 5. The number of hydrogen-bond donors (Lipinski definition) is 1. The average molecular weight is 466 g/mol. The number of aromatic nitrogens is 3. The molecule has 1 aliphatic heterocycles. The van der Waals surface area contributed by atoms with Crippen LogP contribution in [0.2, 0.25) is 0 Å². The van der Waals surface area contributed by atoms with Gasteiger partial charge in [-0.2, -0.15) is 13.2 Å². The lowest BCUT2D eigenvalue weighted by atomic mass is 10.00. The number of esters is 1. The van der Waals surface area contributed by atoms with Crippen LogP contribution in [0.3, 0.4) is 0 Å². The molecule has 0 bridgehead atoms. The summed E-state index contributed by atoms with van der Waals surface area (Å²) in [6.45, 7) is 2.41. The van der Waals surface area contributed by atoms with Gasteiger partial charge in [-0.3, -0.25) is 4.79 Å². The molecule has 0 amide bonds. The Kier molecular flexibility index (Phi) is 5.50. The van der Waals surface area contributed by atoms with Crippen molar-refractivity contribution < 1.29 is 40.6 Å². The predicted octanol–water partition coefficient (Wildman–Crippen LogP) is 3.79. The van der Waals surface area contributed by atoms with Crippen molar-refractivity contribution >= 4 is 17.4 Å². The van der Waals surface area contributed by atoms with Crippen LogP contribution in [0.15, 0.2) is 6.20 Å². The van der Waals surface area contributed by atoms with Crippen molar-refractivity contribution in [2.75, 3.05) is 18.5 Å². The highest BCUT2D eigenvalue weighted by Gasteiger charge is 2.61. The molecule has 32 heavy (non-hydrogen) atoms. The minimum Gasteiger partial charge on any atom is -0.458 e. The van der Waals surface area contributed by atoms with E-state index in [0.29, 0.717) is 17.5 Å². The molecule has 1 N–H and O–H groups in total. The van der Waals surface area contributed by atoms with E-state index in [-0.39, 0.29) is 12.6 Å². The maximum absolute atomic E-state index is 15.0. The molecule has 2 aliphatic rings. The molecule has 2 aromatic heterocycles. The molecular formula is C19H20F6N4O3. The van der Waals surface area contributed by atoms with Gasteiger partial charge in [0.25, 0.3) is 5.92 Å². The molecule has 0 radical (unpaired) electrons. The van der Waals surface area contributed by atoms with E-state index in [1.54, 1.807) is 0 Å². The van der Waals surface area contributed by atoms with Gasteiger partial charge in [-0.1, -0.05) is 0 Å². The van der Waals surface area contributed by atoms with Crippen LogP contribution in [0, 0.1) is 5.82 Å². The Morgan fingerprint density at radius 1 is 1.41 bits per heavy atom. The molecule has 1 saturated heterocycles. The fraction of sp³-hybridized carbons (Fsp3) is 0.632. The van der Waals surface area contributed by atoms with Gasteiger partial charge in [0.15, 0.2) is 5.82 Å². The quantitative estimate of drug-likeness (QED) is 0.534. The molecule has 13 heteroatoms. The summed E-state index contributed by atoms with van der Waals surface area (Å²) in [5.41, 5.74) is -1.79. The topological polar surface area (TPSA) is 77.8 Å².